The van der Waals surface area contributed by atoms with E-state index in [0.717, 1.165) is 23.5 Å². The molecule has 0 spiro atoms. The summed E-state index contributed by atoms with van der Waals surface area (Å²) in [6.07, 6.45) is 2.35. The van der Waals surface area contributed by atoms with Crippen molar-refractivity contribution in [1.82, 2.24) is 4.98 Å². The lowest BCUT2D eigenvalue weighted by Gasteiger charge is -2.20. The minimum absolute atomic E-state index is 1.08. The van der Waals surface area contributed by atoms with Gasteiger partial charge in [-0.25, -0.2) is 4.98 Å². The van der Waals surface area contributed by atoms with Gasteiger partial charge in [-0.3, -0.25) is 0 Å². The van der Waals surface area contributed by atoms with Crippen LogP contribution in [0.4, 0.5) is 5.69 Å². The molecule has 0 aliphatic carbocycles. The molecule has 0 amide bonds. The molecule has 3 aromatic rings. The highest BCUT2D eigenvalue weighted by Crippen LogP contribution is 2.37. The van der Waals surface area contributed by atoms with Crippen LogP contribution in [0.3, 0.4) is 0 Å². The molecule has 0 radical (unpaired) electrons. The number of thiazole rings is 1. The molecule has 2 aromatic carbocycles. The lowest BCUT2D eigenvalue weighted by Crippen LogP contribution is -2.12. The zero-order valence-electron chi connectivity index (χ0n) is 11.4. The third-order valence-corrected chi connectivity index (χ3v) is 5.00. The van der Waals surface area contributed by atoms with Crippen LogP contribution in [0.1, 0.15) is 17.5 Å². The van der Waals surface area contributed by atoms with Crippen molar-refractivity contribution in [2.75, 3.05) is 11.9 Å². The Morgan fingerprint density at radius 3 is 2.95 bits per heavy atom. The minimum Gasteiger partial charge on any atom is -0.385 e. The van der Waals surface area contributed by atoms with E-state index in [9.17, 15) is 0 Å². The molecular weight excluding hydrogens is 264 g/mol. The van der Waals surface area contributed by atoms with Crippen molar-refractivity contribution in [1.29, 1.82) is 0 Å². The van der Waals surface area contributed by atoms with Gasteiger partial charge in [0.15, 0.2) is 0 Å². The molecule has 2 heterocycles. The van der Waals surface area contributed by atoms with Gasteiger partial charge >= 0.3 is 0 Å². The Kier molecular flexibility index (Phi) is 2.74. The van der Waals surface area contributed by atoms with Crippen molar-refractivity contribution in [3.63, 3.8) is 0 Å². The average molecular weight is 280 g/mol. The van der Waals surface area contributed by atoms with Crippen molar-refractivity contribution < 1.29 is 0 Å². The molecule has 1 aromatic heterocycles. The van der Waals surface area contributed by atoms with Gasteiger partial charge in [0.1, 0.15) is 5.01 Å². The van der Waals surface area contributed by atoms with Crippen LogP contribution in [0, 0.1) is 6.92 Å². The molecule has 0 bridgehead atoms. The molecule has 20 heavy (non-hydrogen) atoms. The number of hydrogen-bond donors (Lipinski definition) is 1. The second-order valence-corrected chi connectivity index (χ2v) is 6.33. The highest BCUT2D eigenvalue weighted by atomic mass is 32.1. The zero-order chi connectivity index (χ0) is 13.5. The van der Waals surface area contributed by atoms with Gasteiger partial charge in [-0.2, -0.15) is 0 Å². The lowest BCUT2D eigenvalue weighted by molar-refractivity contribution is 0.832. The van der Waals surface area contributed by atoms with Gasteiger partial charge in [-0.1, -0.05) is 24.3 Å². The highest BCUT2D eigenvalue weighted by molar-refractivity contribution is 7.21. The number of nitrogens with zero attached hydrogens (tertiary/aromatic N) is 1. The Morgan fingerprint density at radius 2 is 2.05 bits per heavy atom. The van der Waals surface area contributed by atoms with Gasteiger partial charge in [-0.05, 0) is 43.0 Å². The summed E-state index contributed by atoms with van der Waals surface area (Å²) in [5, 5.41) is 4.64. The second kappa shape index (κ2) is 4.60. The number of anilines is 1. The fraction of sp³-hybridized carbons (Fsp3) is 0.235. The van der Waals surface area contributed by atoms with Gasteiger partial charge in [0, 0.05) is 17.8 Å². The van der Waals surface area contributed by atoms with Crippen molar-refractivity contribution in [2.24, 2.45) is 0 Å². The molecule has 100 valence electrons. The first-order valence-electron chi connectivity index (χ1n) is 7.05. The van der Waals surface area contributed by atoms with Gasteiger partial charge in [0.25, 0.3) is 0 Å². The van der Waals surface area contributed by atoms with Crippen molar-refractivity contribution in [3.05, 3.63) is 47.5 Å². The van der Waals surface area contributed by atoms with Crippen LogP contribution in [-0.2, 0) is 6.42 Å². The third-order valence-electron chi connectivity index (χ3n) is 3.95. The van der Waals surface area contributed by atoms with Crippen LogP contribution in [-0.4, -0.2) is 11.5 Å². The van der Waals surface area contributed by atoms with E-state index >= 15 is 0 Å². The first kappa shape index (κ1) is 11.9. The zero-order valence-corrected chi connectivity index (χ0v) is 12.3. The van der Waals surface area contributed by atoms with E-state index in [1.807, 2.05) is 0 Å². The number of fused-ring (bicyclic) bond motifs is 2. The summed E-state index contributed by atoms with van der Waals surface area (Å²) in [6, 6.07) is 12.9. The van der Waals surface area contributed by atoms with Gasteiger partial charge in [-0.15, -0.1) is 11.3 Å². The topological polar surface area (TPSA) is 24.9 Å². The summed E-state index contributed by atoms with van der Waals surface area (Å²) in [7, 11) is 0. The SMILES string of the molecule is Cc1cccc2sc(-c3cccc4c3CCCN4)nc12. The Balaban J connectivity index is 1.93. The van der Waals surface area contributed by atoms with Crippen molar-refractivity contribution in [3.8, 4) is 10.6 Å². The van der Waals surface area contributed by atoms with E-state index < -0.39 is 0 Å². The standard InChI is InChI=1S/C17H16N2S/c1-11-5-2-9-15-16(11)19-17(20-15)13-6-3-8-14-12(13)7-4-10-18-14/h2-3,5-6,8-9,18H,4,7,10H2,1H3. The number of para-hydroxylation sites is 1. The van der Waals surface area contributed by atoms with Crippen LogP contribution >= 0.6 is 11.3 Å². The maximum Gasteiger partial charge on any atom is 0.124 e. The summed E-state index contributed by atoms with van der Waals surface area (Å²) >= 11 is 1.80. The van der Waals surface area contributed by atoms with E-state index in [-0.39, 0.29) is 0 Å². The maximum atomic E-state index is 4.88. The van der Waals surface area contributed by atoms with E-state index in [0.29, 0.717) is 0 Å². The van der Waals surface area contributed by atoms with Crippen LogP contribution in [0.5, 0.6) is 0 Å². The lowest BCUT2D eigenvalue weighted by atomic mass is 9.98. The Labute approximate surface area is 122 Å². The molecule has 1 aliphatic heterocycles. The Hall–Kier alpha value is -1.87. The summed E-state index contributed by atoms with van der Waals surface area (Å²) in [5.41, 5.74) is 6.41. The predicted octanol–water partition coefficient (Wildman–Crippen LogP) is 4.63. The van der Waals surface area contributed by atoms with Crippen LogP contribution in [0.15, 0.2) is 36.4 Å². The number of nitrogens with one attached hydrogen (secondary N) is 1. The van der Waals surface area contributed by atoms with Gasteiger partial charge in [0.05, 0.1) is 10.2 Å². The maximum absolute atomic E-state index is 4.88. The molecule has 3 heteroatoms. The number of benzene rings is 2. The molecule has 1 aliphatic rings. The molecule has 0 fully saturated rings. The quantitative estimate of drug-likeness (QED) is 0.703. The van der Waals surface area contributed by atoms with E-state index in [1.54, 1.807) is 11.3 Å². The highest BCUT2D eigenvalue weighted by Gasteiger charge is 2.16. The number of rotatable bonds is 1. The summed E-state index contributed by atoms with van der Waals surface area (Å²) in [5.74, 6) is 0. The first-order valence-corrected chi connectivity index (χ1v) is 7.87. The van der Waals surface area contributed by atoms with Crippen molar-refractivity contribution >= 4 is 27.2 Å². The fourth-order valence-electron chi connectivity index (χ4n) is 2.91. The minimum atomic E-state index is 1.08. The molecule has 2 nitrogen and oxygen atoms in total. The average Bonchev–Trinajstić information content (AvgIpc) is 2.92. The van der Waals surface area contributed by atoms with Crippen LogP contribution < -0.4 is 5.32 Å². The second-order valence-electron chi connectivity index (χ2n) is 5.30. The van der Waals surface area contributed by atoms with E-state index in [2.05, 4.69) is 48.6 Å². The Morgan fingerprint density at radius 1 is 1.15 bits per heavy atom. The number of aromatic nitrogens is 1. The summed E-state index contributed by atoms with van der Waals surface area (Å²) in [6.45, 7) is 3.21. The van der Waals surface area contributed by atoms with E-state index in [4.69, 9.17) is 4.98 Å². The number of hydrogen-bond acceptors (Lipinski definition) is 3. The molecule has 0 saturated heterocycles. The van der Waals surface area contributed by atoms with Crippen LogP contribution in [0.25, 0.3) is 20.8 Å². The third kappa shape index (κ3) is 1.81. The molecule has 1 N–H and O–H groups in total. The largest absolute Gasteiger partial charge is 0.385 e. The Bertz CT molecular complexity index is 789. The van der Waals surface area contributed by atoms with Gasteiger partial charge in [0.2, 0.25) is 0 Å². The van der Waals surface area contributed by atoms with Gasteiger partial charge < -0.3 is 5.32 Å². The van der Waals surface area contributed by atoms with Crippen LogP contribution in [0.2, 0.25) is 0 Å². The molecule has 0 saturated carbocycles. The first-order chi connectivity index (χ1) is 9.83. The molecule has 0 atom stereocenters. The number of aryl methyl sites for hydroxylation is 1. The molecule has 0 unspecified atom stereocenters. The van der Waals surface area contributed by atoms with E-state index in [1.165, 1.54) is 33.5 Å². The molecular formula is C17H16N2S. The smallest absolute Gasteiger partial charge is 0.124 e. The van der Waals surface area contributed by atoms with Crippen molar-refractivity contribution in [2.45, 2.75) is 19.8 Å². The normalized spacial score (nSPS) is 14.1. The monoisotopic (exact) mass is 280 g/mol. The predicted molar refractivity (Wildman–Crippen MR) is 86.6 cm³/mol. The summed E-state index contributed by atoms with van der Waals surface area (Å²) < 4.78 is 1.28. The fourth-order valence-corrected chi connectivity index (χ4v) is 4.01. The molecule has 4 rings (SSSR count). The summed E-state index contributed by atoms with van der Waals surface area (Å²) in [4.78, 5) is 4.88.